The molecule has 150 valence electrons. The first-order chi connectivity index (χ1) is 13.5. The van der Waals surface area contributed by atoms with Crippen LogP contribution in [0, 0.1) is 11.6 Å². The smallest absolute Gasteiger partial charge is 0.355 e. The van der Waals surface area contributed by atoms with Crippen molar-refractivity contribution in [3.63, 3.8) is 0 Å². The molecule has 0 radical (unpaired) electrons. The van der Waals surface area contributed by atoms with E-state index in [0.717, 1.165) is 0 Å². The number of nitrogens with one attached hydrogen (secondary N) is 1. The summed E-state index contributed by atoms with van der Waals surface area (Å²) in [7, 11) is 0. The number of benzene rings is 1. The van der Waals surface area contributed by atoms with Crippen molar-refractivity contribution < 1.29 is 23.5 Å². The highest BCUT2D eigenvalue weighted by Crippen LogP contribution is 2.25. The van der Waals surface area contributed by atoms with Crippen LogP contribution < -0.4 is 5.32 Å². The second kappa shape index (κ2) is 9.44. The number of amides is 1. The van der Waals surface area contributed by atoms with Crippen molar-refractivity contribution >= 4 is 35.0 Å². The quantitative estimate of drug-likeness (QED) is 0.599. The van der Waals surface area contributed by atoms with Gasteiger partial charge in [-0.05, 0) is 18.6 Å². The lowest BCUT2D eigenvalue weighted by Crippen LogP contribution is -2.41. The monoisotopic (exact) mass is 427 g/mol. The summed E-state index contributed by atoms with van der Waals surface area (Å²) in [6.07, 6.45) is 1.14. The van der Waals surface area contributed by atoms with Crippen LogP contribution in [0.2, 0.25) is 0 Å². The SMILES string of the molecule is O=C(O)c1csc(SCCN2C(=O)CCC2CNCc2c(F)cccc2F)n1. The van der Waals surface area contributed by atoms with Gasteiger partial charge in [-0.3, -0.25) is 4.79 Å². The van der Waals surface area contributed by atoms with Crippen LogP contribution in [0.15, 0.2) is 27.9 Å². The molecule has 6 nitrogen and oxygen atoms in total. The summed E-state index contributed by atoms with van der Waals surface area (Å²) >= 11 is 2.67. The van der Waals surface area contributed by atoms with Crippen LogP contribution in [0.25, 0.3) is 0 Å². The van der Waals surface area contributed by atoms with Crippen molar-refractivity contribution in [3.05, 3.63) is 46.5 Å². The molecule has 1 atom stereocenters. The lowest BCUT2D eigenvalue weighted by Gasteiger charge is -2.25. The molecule has 3 rings (SSSR count). The Morgan fingerprint density at radius 2 is 2.14 bits per heavy atom. The van der Waals surface area contributed by atoms with E-state index in [0.29, 0.717) is 36.0 Å². The minimum absolute atomic E-state index is 0.00747. The number of rotatable bonds is 9. The molecule has 1 saturated heterocycles. The standard InChI is InChI=1S/C18H19F2N3O3S2/c19-13-2-1-3-14(20)12(13)9-21-8-11-4-5-16(24)23(11)6-7-27-18-22-15(10-28-18)17(25)26/h1-3,10-11,21H,4-9H2,(H,25,26). The number of hydrogen-bond donors (Lipinski definition) is 2. The zero-order valence-electron chi connectivity index (χ0n) is 14.9. The van der Waals surface area contributed by atoms with E-state index < -0.39 is 17.6 Å². The topological polar surface area (TPSA) is 82.5 Å². The zero-order chi connectivity index (χ0) is 20.1. The summed E-state index contributed by atoms with van der Waals surface area (Å²) in [5, 5.41) is 13.4. The minimum Gasteiger partial charge on any atom is -0.476 e. The predicted octanol–water partition coefficient (Wildman–Crippen LogP) is 2.99. The summed E-state index contributed by atoms with van der Waals surface area (Å²) in [4.78, 5) is 28.8. The van der Waals surface area contributed by atoms with Crippen LogP contribution in [0.5, 0.6) is 0 Å². The molecule has 1 amide bonds. The number of aromatic carboxylic acids is 1. The first-order valence-corrected chi connectivity index (χ1v) is 10.6. The first kappa shape index (κ1) is 20.7. The number of halogens is 2. The fourth-order valence-electron chi connectivity index (χ4n) is 3.03. The van der Waals surface area contributed by atoms with E-state index in [1.807, 2.05) is 0 Å². The second-order valence-electron chi connectivity index (χ2n) is 6.26. The molecule has 0 aliphatic carbocycles. The van der Waals surface area contributed by atoms with Crippen molar-refractivity contribution in [1.82, 2.24) is 15.2 Å². The molecule has 28 heavy (non-hydrogen) atoms. The largest absolute Gasteiger partial charge is 0.476 e. The Labute approximate surface area is 169 Å². The average Bonchev–Trinajstić information content (AvgIpc) is 3.26. The molecule has 0 bridgehead atoms. The molecule has 0 spiro atoms. The van der Waals surface area contributed by atoms with Gasteiger partial charge < -0.3 is 15.3 Å². The van der Waals surface area contributed by atoms with Gasteiger partial charge in [-0.15, -0.1) is 11.3 Å². The number of carbonyl (C=O) groups excluding carboxylic acids is 1. The number of carbonyl (C=O) groups is 2. The number of nitrogens with zero attached hydrogens (tertiary/aromatic N) is 2. The fourth-order valence-corrected chi connectivity index (χ4v) is 4.84. The summed E-state index contributed by atoms with van der Waals surface area (Å²) in [5.41, 5.74) is 0.0131. The third-order valence-electron chi connectivity index (χ3n) is 4.46. The van der Waals surface area contributed by atoms with Crippen LogP contribution in [0.3, 0.4) is 0 Å². The van der Waals surface area contributed by atoms with Gasteiger partial charge in [0.1, 0.15) is 11.6 Å². The molecular weight excluding hydrogens is 408 g/mol. The van der Waals surface area contributed by atoms with Crippen LogP contribution in [0.4, 0.5) is 8.78 Å². The van der Waals surface area contributed by atoms with E-state index in [4.69, 9.17) is 5.11 Å². The number of carboxylic acids is 1. The molecule has 1 aliphatic heterocycles. The number of hydrogen-bond acceptors (Lipinski definition) is 6. The average molecular weight is 427 g/mol. The van der Waals surface area contributed by atoms with Crippen molar-refractivity contribution in [2.75, 3.05) is 18.8 Å². The predicted molar refractivity (Wildman–Crippen MR) is 103 cm³/mol. The van der Waals surface area contributed by atoms with E-state index in [2.05, 4.69) is 10.3 Å². The molecule has 1 fully saturated rings. The summed E-state index contributed by atoms with van der Waals surface area (Å²) in [6.45, 7) is 1.01. The Morgan fingerprint density at radius 1 is 1.39 bits per heavy atom. The minimum atomic E-state index is -1.06. The Morgan fingerprint density at radius 3 is 2.82 bits per heavy atom. The van der Waals surface area contributed by atoms with Gasteiger partial charge in [-0.2, -0.15) is 0 Å². The lowest BCUT2D eigenvalue weighted by molar-refractivity contribution is -0.128. The molecule has 1 aromatic heterocycles. The highest BCUT2D eigenvalue weighted by Gasteiger charge is 2.30. The third kappa shape index (κ3) is 5.06. The molecular formula is C18H19F2N3O3S2. The Hall–Kier alpha value is -2.04. The highest BCUT2D eigenvalue weighted by molar-refractivity contribution is 8.01. The number of carboxylic acid groups (broad SMARTS) is 1. The van der Waals surface area contributed by atoms with Gasteiger partial charge in [0.25, 0.3) is 0 Å². The van der Waals surface area contributed by atoms with Gasteiger partial charge >= 0.3 is 5.97 Å². The van der Waals surface area contributed by atoms with Crippen LogP contribution in [-0.4, -0.2) is 51.8 Å². The maximum Gasteiger partial charge on any atom is 0.355 e. The highest BCUT2D eigenvalue weighted by atomic mass is 32.2. The molecule has 1 aromatic carbocycles. The lowest BCUT2D eigenvalue weighted by atomic mass is 10.1. The van der Waals surface area contributed by atoms with E-state index in [9.17, 15) is 18.4 Å². The molecule has 2 heterocycles. The molecule has 1 unspecified atom stereocenters. The van der Waals surface area contributed by atoms with Gasteiger partial charge in [0.05, 0.1) is 0 Å². The van der Waals surface area contributed by atoms with E-state index in [1.165, 1.54) is 46.7 Å². The Kier molecular flexibility index (Phi) is 6.97. The molecule has 1 aliphatic rings. The van der Waals surface area contributed by atoms with Crippen molar-refractivity contribution in [2.24, 2.45) is 0 Å². The molecule has 10 heteroatoms. The number of likely N-dealkylation sites (tertiary alicyclic amines) is 1. The Bertz CT molecular complexity index is 842. The van der Waals surface area contributed by atoms with Crippen LogP contribution in [0.1, 0.15) is 28.9 Å². The second-order valence-corrected chi connectivity index (χ2v) is 8.46. The normalized spacial score (nSPS) is 16.7. The maximum absolute atomic E-state index is 13.7. The molecule has 0 saturated carbocycles. The van der Waals surface area contributed by atoms with Gasteiger partial charge in [0.2, 0.25) is 5.91 Å². The van der Waals surface area contributed by atoms with E-state index in [1.54, 1.807) is 4.90 Å². The van der Waals surface area contributed by atoms with Crippen molar-refractivity contribution in [1.29, 1.82) is 0 Å². The zero-order valence-corrected chi connectivity index (χ0v) is 16.5. The number of thioether (sulfide) groups is 1. The van der Waals surface area contributed by atoms with Crippen molar-refractivity contribution in [2.45, 2.75) is 29.8 Å². The third-order valence-corrected chi connectivity index (χ3v) is 6.46. The van der Waals surface area contributed by atoms with Crippen LogP contribution >= 0.6 is 23.1 Å². The fraction of sp³-hybridized carbons (Fsp3) is 0.389. The van der Waals surface area contributed by atoms with Crippen LogP contribution in [-0.2, 0) is 11.3 Å². The summed E-state index contributed by atoms with van der Waals surface area (Å²) < 4.78 is 28.0. The number of aromatic nitrogens is 1. The summed E-state index contributed by atoms with van der Waals surface area (Å²) in [5.74, 6) is -1.60. The number of thiazole rings is 1. The van der Waals surface area contributed by atoms with Crippen molar-refractivity contribution in [3.8, 4) is 0 Å². The molecule has 2 N–H and O–H groups in total. The van der Waals surface area contributed by atoms with Gasteiger partial charge in [-0.25, -0.2) is 18.6 Å². The van der Waals surface area contributed by atoms with Gasteiger partial charge in [0.15, 0.2) is 10.0 Å². The Balaban J connectivity index is 1.48. The van der Waals surface area contributed by atoms with E-state index >= 15 is 0 Å². The molecule has 2 aromatic rings. The van der Waals surface area contributed by atoms with Gasteiger partial charge in [0, 0.05) is 48.8 Å². The van der Waals surface area contributed by atoms with Gasteiger partial charge in [-0.1, -0.05) is 17.8 Å². The first-order valence-electron chi connectivity index (χ1n) is 8.70. The van der Waals surface area contributed by atoms with E-state index in [-0.39, 0.29) is 29.8 Å². The summed E-state index contributed by atoms with van der Waals surface area (Å²) in [6, 6.07) is 3.73. The maximum atomic E-state index is 13.7.